The van der Waals surface area contributed by atoms with Gasteiger partial charge in [-0.05, 0) is 73.9 Å². The van der Waals surface area contributed by atoms with Gasteiger partial charge in [-0.15, -0.1) is 5.10 Å². The molecule has 0 saturated heterocycles. The Morgan fingerprint density at radius 1 is 0.906 bits per heavy atom. The molecular formula is C22H21N7O2S. The summed E-state index contributed by atoms with van der Waals surface area (Å²) in [6, 6.07) is 16.7. The Kier molecular flexibility index (Phi) is 6.22. The van der Waals surface area contributed by atoms with Crippen LogP contribution in [0.25, 0.3) is 0 Å². The lowest BCUT2D eigenvalue weighted by Gasteiger charge is -2.11. The first-order valence-corrected chi connectivity index (χ1v) is 10.5. The quantitative estimate of drug-likeness (QED) is 0.374. The van der Waals surface area contributed by atoms with Gasteiger partial charge in [0.05, 0.1) is 12.8 Å². The number of rotatable bonds is 7. The average molecular weight is 448 g/mol. The molecule has 162 valence electrons. The number of carbonyl (C=O) groups is 1. The number of nitrogens with zero attached hydrogens (tertiary/aromatic N) is 4. The number of hydrogen-bond acceptors (Lipinski definition) is 9. The first-order valence-electron chi connectivity index (χ1n) is 9.74. The Morgan fingerprint density at radius 2 is 1.56 bits per heavy atom. The highest BCUT2D eigenvalue weighted by molar-refractivity contribution is 7.08. The second kappa shape index (κ2) is 9.40. The molecule has 2 aromatic heterocycles. The van der Waals surface area contributed by atoms with Crippen molar-refractivity contribution in [3.63, 3.8) is 0 Å². The van der Waals surface area contributed by atoms with Crippen molar-refractivity contribution in [3.05, 3.63) is 70.9 Å². The van der Waals surface area contributed by atoms with Crippen LogP contribution in [0.2, 0.25) is 0 Å². The molecule has 0 aliphatic carbocycles. The summed E-state index contributed by atoms with van der Waals surface area (Å²) in [6.07, 6.45) is 0. The molecule has 0 bridgehead atoms. The van der Waals surface area contributed by atoms with E-state index in [2.05, 4.69) is 35.5 Å². The molecule has 0 atom stereocenters. The van der Waals surface area contributed by atoms with E-state index in [4.69, 9.17) is 4.74 Å². The van der Waals surface area contributed by atoms with Crippen LogP contribution in [0, 0.1) is 13.8 Å². The number of amides is 1. The van der Waals surface area contributed by atoms with Gasteiger partial charge in [0.2, 0.25) is 5.95 Å². The molecule has 2 heterocycles. The average Bonchev–Trinajstić information content (AvgIpc) is 3.21. The molecule has 32 heavy (non-hydrogen) atoms. The van der Waals surface area contributed by atoms with Crippen LogP contribution in [-0.4, -0.2) is 32.6 Å². The predicted molar refractivity (Wildman–Crippen MR) is 125 cm³/mol. The van der Waals surface area contributed by atoms with Crippen LogP contribution in [0.5, 0.6) is 5.75 Å². The third-order valence-corrected chi connectivity index (χ3v) is 5.30. The number of anilines is 5. The minimum atomic E-state index is -0.227. The fourth-order valence-corrected chi connectivity index (χ4v) is 3.46. The largest absolute Gasteiger partial charge is 0.497 e. The summed E-state index contributed by atoms with van der Waals surface area (Å²) in [5.41, 5.74) is 3.78. The van der Waals surface area contributed by atoms with Gasteiger partial charge in [-0.1, -0.05) is 4.49 Å². The zero-order valence-electron chi connectivity index (χ0n) is 17.7. The van der Waals surface area contributed by atoms with Crippen LogP contribution in [0.1, 0.15) is 21.1 Å². The fraction of sp³-hybridized carbons (Fsp3) is 0.136. The molecule has 10 heteroatoms. The van der Waals surface area contributed by atoms with E-state index in [1.165, 1.54) is 0 Å². The van der Waals surface area contributed by atoms with Gasteiger partial charge < -0.3 is 20.7 Å². The van der Waals surface area contributed by atoms with E-state index in [0.29, 0.717) is 28.0 Å². The van der Waals surface area contributed by atoms with Crippen molar-refractivity contribution in [1.29, 1.82) is 0 Å². The fourth-order valence-electron chi connectivity index (χ4n) is 2.90. The first kappa shape index (κ1) is 21.2. The lowest BCUT2D eigenvalue weighted by atomic mass is 10.2. The van der Waals surface area contributed by atoms with Crippen LogP contribution in [-0.2, 0) is 0 Å². The molecule has 2 aromatic carbocycles. The van der Waals surface area contributed by atoms with Gasteiger partial charge in [0.15, 0.2) is 0 Å². The minimum Gasteiger partial charge on any atom is -0.497 e. The summed E-state index contributed by atoms with van der Waals surface area (Å²) in [5, 5.41) is 13.2. The number of hydrogen-bond donors (Lipinski definition) is 3. The summed E-state index contributed by atoms with van der Waals surface area (Å²) in [5.74, 6) is 1.69. The highest BCUT2D eigenvalue weighted by atomic mass is 32.1. The van der Waals surface area contributed by atoms with Crippen molar-refractivity contribution >= 4 is 46.3 Å². The monoisotopic (exact) mass is 447 g/mol. The molecule has 0 aliphatic heterocycles. The molecular weight excluding hydrogens is 426 g/mol. The highest BCUT2D eigenvalue weighted by Gasteiger charge is 2.13. The van der Waals surface area contributed by atoms with Gasteiger partial charge in [0, 0.05) is 28.8 Å². The molecule has 0 fully saturated rings. The maximum Gasteiger partial charge on any atom is 0.269 e. The standard InChI is InChI=1S/C22H21N7O2S/c1-13-12-19(24-15-8-10-18(31-3)11-9-15)27-22(23-13)26-17-6-4-16(5-7-17)25-21(30)20-14(2)28-29-32-20/h4-12H,1-3H3,(H,25,30)(H2,23,24,26,27). The van der Waals surface area contributed by atoms with Crippen molar-refractivity contribution in [2.45, 2.75) is 13.8 Å². The van der Waals surface area contributed by atoms with Crippen molar-refractivity contribution in [3.8, 4) is 5.75 Å². The van der Waals surface area contributed by atoms with Gasteiger partial charge in [-0.3, -0.25) is 4.79 Å². The maximum absolute atomic E-state index is 12.3. The van der Waals surface area contributed by atoms with Gasteiger partial charge in [-0.2, -0.15) is 4.98 Å². The molecule has 0 unspecified atom stereocenters. The van der Waals surface area contributed by atoms with E-state index in [9.17, 15) is 4.79 Å². The Bertz CT molecular complexity index is 1220. The number of aryl methyl sites for hydroxylation is 2. The Labute approximate surface area is 189 Å². The van der Waals surface area contributed by atoms with E-state index < -0.39 is 0 Å². The van der Waals surface area contributed by atoms with E-state index in [-0.39, 0.29) is 5.91 Å². The second-order valence-corrected chi connectivity index (χ2v) is 7.67. The van der Waals surface area contributed by atoms with Crippen molar-refractivity contribution in [2.75, 3.05) is 23.1 Å². The van der Waals surface area contributed by atoms with Crippen molar-refractivity contribution < 1.29 is 9.53 Å². The van der Waals surface area contributed by atoms with Crippen LogP contribution < -0.4 is 20.7 Å². The van der Waals surface area contributed by atoms with Crippen molar-refractivity contribution in [2.24, 2.45) is 0 Å². The molecule has 9 nitrogen and oxygen atoms in total. The lowest BCUT2D eigenvalue weighted by molar-refractivity contribution is 0.103. The SMILES string of the molecule is COc1ccc(Nc2cc(C)nc(Nc3ccc(NC(=O)c4snnc4C)cc3)n2)cc1. The van der Waals surface area contributed by atoms with Crippen LogP contribution in [0.4, 0.5) is 28.8 Å². The Balaban J connectivity index is 1.43. The summed E-state index contributed by atoms with van der Waals surface area (Å²) in [4.78, 5) is 21.8. The Morgan fingerprint density at radius 3 is 2.22 bits per heavy atom. The van der Waals surface area contributed by atoms with Gasteiger partial charge in [-0.25, -0.2) is 4.98 Å². The molecule has 0 saturated carbocycles. The predicted octanol–water partition coefficient (Wildman–Crippen LogP) is 4.69. The maximum atomic E-state index is 12.3. The third kappa shape index (κ3) is 5.16. The number of methoxy groups -OCH3 is 1. The zero-order chi connectivity index (χ0) is 22.5. The zero-order valence-corrected chi connectivity index (χ0v) is 18.5. The smallest absolute Gasteiger partial charge is 0.269 e. The minimum absolute atomic E-state index is 0.227. The number of aromatic nitrogens is 4. The first-order chi connectivity index (χ1) is 15.5. The topological polar surface area (TPSA) is 114 Å². The van der Waals surface area contributed by atoms with Gasteiger partial charge in [0.25, 0.3) is 5.91 Å². The number of ether oxygens (including phenoxy) is 1. The molecule has 0 spiro atoms. The van der Waals surface area contributed by atoms with E-state index >= 15 is 0 Å². The number of nitrogens with one attached hydrogen (secondary N) is 3. The normalized spacial score (nSPS) is 10.5. The molecule has 4 rings (SSSR count). The lowest BCUT2D eigenvalue weighted by Crippen LogP contribution is -2.11. The highest BCUT2D eigenvalue weighted by Crippen LogP contribution is 2.22. The number of benzene rings is 2. The van der Waals surface area contributed by atoms with Crippen LogP contribution in [0.15, 0.2) is 54.6 Å². The molecule has 4 aromatic rings. The summed E-state index contributed by atoms with van der Waals surface area (Å²) in [7, 11) is 1.63. The second-order valence-electron chi connectivity index (χ2n) is 6.92. The molecule has 0 radical (unpaired) electrons. The Hall–Kier alpha value is -4.05. The molecule has 3 N–H and O–H groups in total. The third-order valence-electron chi connectivity index (χ3n) is 4.47. The van der Waals surface area contributed by atoms with E-state index in [0.717, 1.165) is 34.4 Å². The summed E-state index contributed by atoms with van der Waals surface area (Å²) >= 11 is 1.07. The molecule has 0 aliphatic rings. The summed E-state index contributed by atoms with van der Waals surface area (Å²) < 4.78 is 8.98. The summed E-state index contributed by atoms with van der Waals surface area (Å²) in [6.45, 7) is 3.66. The van der Waals surface area contributed by atoms with Gasteiger partial charge in [0.1, 0.15) is 16.4 Å². The number of carbonyl (C=O) groups excluding carboxylic acids is 1. The van der Waals surface area contributed by atoms with Gasteiger partial charge >= 0.3 is 0 Å². The van der Waals surface area contributed by atoms with Crippen molar-refractivity contribution in [1.82, 2.24) is 19.6 Å². The van der Waals surface area contributed by atoms with Crippen LogP contribution in [0.3, 0.4) is 0 Å². The van der Waals surface area contributed by atoms with E-state index in [1.807, 2.05) is 49.4 Å². The van der Waals surface area contributed by atoms with E-state index in [1.54, 1.807) is 26.2 Å². The van der Waals surface area contributed by atoms with Crippen LogP contribution >= 0.6 is 11.5 Å². The molecule has 1 amide bonds.